The Morgan fingerprint density at radius 3 is 2.93 bits per heavy atom. The molecule has 1 aliphatic heterocycles. The fraction of sp³-hybridized carbons (Fsp3) is 0.778. The highest BCUT2D eigenvalue weighted by Gasteiger charge is 2.16. The highest BCUT2D eigenvalue weighted by atomic mass is 16.2. The second-order valence-corrected chi connectivity index (χ2v) is 3.82. The van der Waals surface area contributed by atoms with Crippen LogP contribution in [0.5, 0.6) is 0 Å². The number of hydrogen-bond donors (Lipinski definition) is 3. The van der Waals surface area contributed by atoms with Crippen molar-refractivity contribution in [1.29, 1.82) is 0 Å². The van der Waals surface area contributed by atoms with Crippen LogP contribution in [0.2, 0.25) is 0 Å². The van der Waals surface area contributed by atoms with Gasteiger partial charge in [0.25, 0.3) is 0 Å². The highest BCUT2D eigenvalue weighted by Crippen LogP contribution is 1.99. The van der Waals surface area contributed by atoms with Gasteiger partial charge in [-0.05, 0) is 6.92 Å². The normalized spacial score (nSPS) is 22.3. The Morgan fingerprint density at radius 1 is 1.60 bits per heavy atom. The standard InChI is InChI=1S/C9H18N4O2/c1-7-6-13(5-3-11-7)4-2-8(14)12-9(10)15/h7,11H,2-6H2,1H3,(H3,10,12,14,15)/t7-/m1/s1. The van der Waals surface area contributed by atoms with Gasteiger partial charge in [0.15, 0.2) is 0 Å². The third-order valence-corrected chi connectivity index (χ3v) is 2.37. The number of carbonyl (C=O) groups excluding carboxylic acids is 2. The summed E-state index contributed by atoms with van der Waals surface area (Å²) in [6.07, 6.45) is 0.315. The first kappa shape index (κ1) is 11.9. The molecule has 6 heteroatoms. The number of rotatable bonds is 3. The highest BCUT2D eigenvalue weighted by molar-refractivity contribution is 5.93. The van der Waals surface area contributed by atoms with E-state index in [1.54, 1.807) is 0 Å². The van der Waals surface area contributed by atoms with E-state index in [4.69, 9.17) is 5.73 Å². The molecule has 86 valence electrons. The van der Waals surface area contributed by atoms with Crippen LogP contribution in [0.15, 0.2) is 0 Å². The molecule has 0 saturated carbocycles. The number of carbonyl (C=O) groups is 2. The van der Waals surface area contributed by atoms with Crippen molar-refractivity contribution in [3.05, 3.63) is 0 Å². The van der Waals surface area contributed by atoms with Crippen molar-refractivity contribution in [2.45, 2.75) is 19.4 Å². The number of amides is 3. The molecule has 15 heavy (non-hydrogen) atoms. The molecule has 0 aliphatic carbocycles. The summed E-state index contributed by atoms with van der Waals surface area (Å²) in [6.45, 7) is 5.59. The minimum atomic E-state index is -0.784. The number of piperazine rings is 1. The SMILES string of the molecule is C[C@@H]1CN(CCC(=O)NC(N)=O)CCN1. The van der Waals surface area contributed by atoms with Crippen molar-refractivity contribution in [2.75, 3.05) is 26.2 Å². The lowest BCUT2D eigenvalue weighted by Gasteiger charge is -2.31. The summed E-state index contributed by atoms with van der Waals surface area (Å²) in [6, 6.07) is -0.327. The summed E-state index contributed by atoms with van der Waals surface area (Å²) in [7, 11) is 0. The maximum Gasteiger partial charge on any atom is 0.318 e. The summed E-state index contributed by atoms with van der Waals surface area (Å²) >= 11 is 0. The van der Waals surface area contributed by atoms with Gasteiger partial charge in [-0.2, -0.15) is 0 Å². The van der Waals surface area contributed by atoms with Gasteiger partial charge in [-0.15, -0.1) is 0 Å². The van der Waals surface area contributed by atoms with Crippen LogP contribution >= 0.6 is 0 Å². The smallest absolute Gasteiger partial charge is 0.318 e. The van der Waals surface area contributed by atoms with E-state index >= 15 is 0 Å². The van der Waals surface area contributed by atoms with Crippen molar-refractivity contribution in [3.63, 3.8) is 0 Å². The van der Waals surface area contributed by atoms with Crippen LogP contribution in [-0.4, -0.2) is 49.1 Å². The molecule has 1 rings (SSSR count). The van der Waals surface area contributed by atoms with Crippen LogP contribution in [-0.2, 0) is 4.79 Å². The Kier molecular flexibility index (Phi) is 4.51. The molecule has 1 aliphatic rings. The number of nitrogens with one attached hydrogen (secondary N) is 2. The zero-order valence-corrected chi connectivity index (χ0v) is 8.95. The van der Waals surface area contributed by atoms with E-state index in [2.05, 4.69) is 22.5 Å². The molecule has 1 atom stereocenters. The first-order valence-corrected chi connectivity index (χ1v) is 5.13. The average Bonchev–Trinajstić information content (AvgIpc) is 2.14. The van der Waals surface area contributed by atoms with Crippen LogP contribution in [0.4, 0.5) is 4.79 Å². The van der Waals surface area contributed by atoms with E-state index in [-0.39, 0.29) is 5.91 Å². The predicted molar refractivity (Wildman–Crippen MR) is 56.2 cm³/mol. The molecular weight excluding hydrogens is 196 g/mol. The molecule has 4 N–H and O–H groups in total. The molecule has 1 heterocycles. The van der Waals surface area contributed by atoms with Crippen LogP contribution in [0.25, 0.3) is 0 Å². The number of imide groups is 1. The van der Waals surface area contributed by atoms with Gasteiger partial charge >= 0.3 is 6.03 Å². The molecule has 0 aromatic carbocycles. The molecule has 1 saturated heterocycles. The van der Waals surface area contributed by atoms with E-state index in [0.29, 0.717) is 19.0 Å². The molecule has 0 unspecified atom stereocenters. The van der Waals surface area contributed by atoms with E-state index in [1.807, 2.05) is 0 Å². The van der Waals surface area contributed by atoms with Crippen molar-refractivity contribution in [1.82, 2.24) is 15.5 Å². The molecule has 1 fully saturated rings. The summed E-state index contributed by atoms with van der Waals surface area (Å²) in [4.78, 5) is 23.7. The zero-order chi connectivity index (χ0) is 11.3. The number of nitrogens with zero attached hydrogens (tertiary/aromatic N) is 1. The lowest BCUT2D eigenvalue weighted by molar-refractivity contribution is -0.120. The van der Waals surface area contributed by atoms with Gasteiger partial charge in [0.1, 0.15) is 0 Å². The summed E-state index contributed by atoms with van der Waals surface area (Å²) < 4.78 is 0. The fourth-order valence-electron chi connectivity index (χ4n) is 1.67. The second kappa shape index (κ2) is 5.67. The second-order valence-electron chi connectivity index (χ2n) is 3.82. The molecule has 0 aromatic rings. The average molecular weight is 214 g/mol. The minimum absolute atomic E-state index is 0.311. The third-order valence-electron chi connectivity index (χ3n) is 2.37. The Hall–Kier alpha value is -1.14. The molecule has 0 aromatic heterocycles. The van der Waals surface area contributed by atoms with Crippen LogP contribution in [0, 0.1) is 0 Å². The van der Waals surface area contributed by atoms with Gasteiger partial charge in [0.05, 0.1) is 0 Å². The van der Waals surface area contributed by atoms with Crippen molar-refractivity contribution < 1.29 is 9.59 Å². The Morgan fingerprint density at radius 2 is 2.33 bits per heavy atom. The number of nitrogens with two attached hydrogens (primary N) is 1. The first-order valence-electron chi connectivity index (χ1n) is 5.13. The van der Waals surface area contributed by atoms with E-state index in [9.17, 15) is 9.59 Å². The van der Waals surface area contributed by atoms with Gasteiger partial charge in [-0.3, -0.25) is 10.1 Å². The Bertz CT molecular complexity index is 244. The van der Waals surface area contributed by atoms with Gasteiger partial charge < -0.3 is 16.0 Å². The lowest BCUT2D eigenvalue weighted by Crippen LogP contribution is -2.50. The molecule has 0 radical (unpaired) electrons. The van der Waals surface area contributed by atoms with Gasteiger partial charge in [-0.1, -0.05) is 0 Å². The predicted octanol–water partition coefficient (Wildman–Crippen LogP) is -1.13. The van der Waals surface area contributed by atoms with Gasteiger partial charge in [0.2, 0.25) is 5.91 Å². The number of urea groups is 1. The maximum absolute atomic E-state index is 11.1. The molecular formula is C9H18N4O2. The number of primary amides is 1. The zero-order valence-electron chi connectivity index (χ0n) is 8.95. The third kappa shape index (κ3) is 4.75. The molecule has 0 spiro atoms. The largest absolute Gasteiger partial charge is 0.351 e. The van der Waals surface area contributed by atoms with E-state index in [0.717, 1.165) is 19.6 Å². The topological polar surface area (TPSA) is 87.5 Å². The van der Waals surface area contributed by atoms with Crippen LogP contribution in [0.3, 0.4) is 0 Å². The summed E-state index contributed by atoms with van der Waals surface area (Å²) in [5, 5.41) is 5.37. The Balaban J connectivity index is 2.18. The minimum Gasteiger partial charge on any atom is -0.351 e. The Labute approximate surface area is 89.2 Å². The quantitative estimate of drug-likeness (QED) is 0.554. The van der Waals surface area contributed by atoms with E-state index < -0.39 is 6.03 Å². The van der Waals surface area contributed by atoms with Crippen molar-refractivity contribution in [3.8, 4) is 0 Å². The molecule has 3 amide bonds. The maximum atomic E-state index is 11.1. The van der Waals surface area contributed by atoms with Crippen molar-refractivity contribution >= 4 is 11.9 Å². The van der Waals surface area contributed by atoms with Crippen molar-refractivity contribution in [2.24, 2.45) is 5.73 Å². The number of hydrogen-bond acceptors (Lipinski definition) is 4. The van der Waals surface area contributed by atoms with Gasteiger partial charge in [0, 0.05) is 38.6 Å². The first-order chi connectivity index (χ1) is 7.08. The summed E-state index contributed by atoms with van der Waals surface area (Å²) in [5.74, 6) is -0.311. The fourth-order valence-corrected chi connectivity index (χ4v) is 1.67. The monoisotopic (exact) mass is 214 g/mol. The van der Waals surface area contributed by atoms with Crippen LogP contribution in [0.1, 0.15) is 13.3 Å². The van der Waals surface area contributed by atoms with E-state index in [1.165, 1.54) is 0 Å². The molecule has 6 nitrogen and oxygen atoms in total. The molecule has 0 bridgehead atoms. The van der Waals surface area contributed by atoms with Gasteiger partial charge in [-0.25, -0.2) is 4.79 Å². The lowest BCUT2D eigenvalue weighted by atomic mass is 10.2. The summed E-state index contributed by atoms with van der Waals surface area (Å²) in [5.41, 5.74) is 4.83. The van der Waals surface area contributed by atoms with Crippen LogP contribution < -0.4 is 16.4 Å².